The van der Waals surface area contributed by atoms with Crippen LogP contribution in [0, 0.1) is 127 Å². The normalized spacial score (nSPS) is 49.4. The van der Waals surface area contributed by atoms with E-state index in [1.807, 2.05) is 6.92 Å². The number of anilines is 1. The number of nitrogens with two attached hydrogens (primary N) is 1. The Balaban J connectivity index is 1.10. The van der Waals surface area contributed by atoms with Crippen LogP contribution >= 0.6 is 0 Å². The number of aromatic nitrogens is 4. The number of carboxylic acid groups (broad SMARTS) is 1. The van der Waals surface area contributed by atoms with Gasteiger partial charge < -0.3 is 76.7 Å². The maximum atomic E-state index is 16.1. The molecule has 19 nitrogen and oxygen atoms in total. The number of ether oxygens (including phenoxy) is 2. The number of carbonyl (C=O) groups is 2. The van der Waals surface area contributed by atoms with E-state index in [1.165, 1.54) is 0 Å². The number of nitrogens with one attached hydrogen (secondary N) is 4. The fourth-order valence-corrected chi connectivity index (χ4v) is 23.3. The summed E-state index contributed by atoms with van der Waals surface area (Å²) in [7, 11) is 0. The van der Waals surface area contributed by atoms with Crippen LogP contribution in [0.15, 0.2) is 30.5 Å². The molecule has 12 aliphatic rings. The molecular weight excluding hydrogens is 1070 g/mol. The summed E-state index contributed by atoms with van der Waals surface area (Å²) in [6.07, 6.45) is 7.81. The second kappa shape index (κ2) is 20.3. The van der Waals surface area contributed by atoms with Crippen LogP contribution in [-0.2, 0) is 25.5 Å². The zero-order valence-electron chi connectivity index (χ0n) is 48.9. The smallest absolute Gasteiger partial charge is 0.310 e. The number of amides is 1. The van der Waals surface area contributed by atoms with Crippen molar-refractivity contribution in [2.75, 3.05) is 31.7 Å². The zero-order valence-corrected chi connectivity index (χ0v) is 48.9. The van der Waals surface area contributed by atoms with E-state index in [4.69, 9.17) is 20.2 Å². The third-order valence-corrected chi connectivity index (χ3v) is 26.5. The van der Waals surface area contributed by atoms with E-state index in [-0.39, 0.29) is 49.2 Å². The summed E-state index contributed by atoms with van der Waals surface area (Å²) in [4.78, 5) is 47.3. The average molecular weight is 1160 g/mol. The molecule has 1 amide bonds. The van der Waals surface area contributed by atoms with Gasteiger partial charge in [-0.15, -0.1) is 5.92 Å². The first kappa shape index (κ1) is 57.4. The van der Waals surface area contributed by atoms with Gasteiger partial charge in [0.15, 0.2) is 6.29 Å². The largest absolute Gasteiger partial charge is 0.481 e. The van der Waals surface area contributed by atoms with Crippen LogP contribution in [-0.4, -0.2) is 148 Å². The van der Waals surface area contributed by atoms with Gasteiger partial charge in [-0.05, 0) is 135 Å². The lowest BCUT2D eigenvalue weighted by Crippen LogP contribution is -2.78. The summed E-state index contributed by atoms with van der Waals surface area (Å²) >= 11 is 0. The molecule has 19 heteroatoms. The van der Waals surface area contributed by atoms with E-state index in [0.717, 1.165) is 48.5 Å². The molecule has 3 aliphatic heterocycles. The second-order valence-corrected chi connectivity index (χ2v) is 29.6. The lowest BCUT2D eigenvalue weighted by molar-refractivity contribution is -0.356. The van der Waals surface area contributed by atoms with E-state index in [9.17, 15) is 45.6 Å². The zero-order chi connectivity index (χ0) is 58.7. The van der Waals surface area contributed by atoms with Crippen LogP contribution in [0.5, 0.6) is 0 Å². The number of aliphatic hydroxyl groups excluding tert-OH is 7. The van der Waals surface area contributed by atoms with Gasteiger partial charge in [-0.2, -0.15) is 0 Å². The Labute approximate surface area is 491 Å². The minimum absolute atomic E-state index is 0.0546. The van der Waals surface area contributed by atoms with Crippen molar-refractivity contribution in [1.82, 2.24) is 25.3 Å². The summed E-state index contributed by atoms with van der Waals surface area (Å²) in [5, 5.41) is 103. The highest BCUT2D eigenvalue weighted by Gasteiger charge is 2.82. The molecule has 0 aromatic carbocycles. The van der Waals surface area contributed by atoms with Crippen molar-refractivity contribution < 1.29 is 59.9 Å². The first-order chi connectivity index (χ1) is 40.3. The number of hydrogen-bond donors (Lipinski definition) is 13. The van der Waals surface area contributed by atoms with Crippen molar-refractivity contribution in [3.63, 3.8) is 0 Å². The number of H-pyrrole nitrogens is 2. The number of aromatic amines is 2. The molecule has 2 aromatic rings. The molecule has 9 aliphatic carbocycles. The third kappa shape index (κ3) is 7.55. The fourth-order valence-electron chi connectivity index (χ4n) is 23.3. The van der Waals surface area contributed by atoms with E-state index >= 15 is 4.79 Å². The van der Waals surface area contributed by atoms with Gasteiger partial charge in [0.25, 0.3) is 0 Å². The number of aliphatic carboxylic acids is 1. The van der Waals surface area contributed by atoms with Crippen LogP contribution in [0.3, 0.4) is 0 Å². The van der Waals surface area contributed by atoms with Crippen LogP contribution < -0.4 is 16.4 Å². The van der Waals surface area contributed by atoms with Gasteiger partial charge in [0.1, 0.15) is 30.4 Å². The van der Waals surface area contributed by atoms with Crippen molar-refractivity contribution in [2.45, 2.75) is 185 Å². The average Bonchev–Trinajstić information content (AvgIpc) is 0.739. The molecule has 84 heavy (non-hydrogen) atoms. The Bertz CT molecular complexity index is 3050. The highest BCUT2D eigenvalue weighted by molar-refractivity contribution is 5.88. The second-order valence-electron chi connectivity index (χ2n) is 29.6. The number of hydrogen-bond acceptors (Lipinski definition) is 15. The highest BCUT2D eigenvalue weighted by atomic mass is 16.7. The molecule has 2 spiro atoms. The predicted octanol–water partition coefficient (Wildman–Crippen LogP) is 3.95. The van der Waals surface area contributed by atoms with Gasteiger partial charge >= 0.3 is 5.97 Å². The molecule has 0 unspecified atom stereocenters. The predicted molar refractivity (Wildman–Crippen MR) is 305 cm³/mol. The van der Waals surface area contributed by atoms with E-state index in [2.05, 4.69) is 69.2 Å². The highest BCUT2D eigenvalue weighted by Crippen LogP contribution is 2.84. The minimum Gasteiger partial charge on any atom is -0.481 e. The summed E-state index contributed by atoms with van der Waals surface area (Å²) in [5.74, 6) is 10.5. The van der Waals surface area contributed by atoms with Crippen LogP contribution in [0.2, 0.25) is 0 Å². The van der Waals surface area contributed by atoms with E-state index in [1.54, 1.807) is 18.9 Å². The Hall–Kier alpha value is -4.38. The summed E-state index contributed by atoms with van der Waals surface area (Å²) in [6, 6.07) is -0.606. The molecule has 456 valence electrons. The Morgan fingerprint density at radius 2 is 1.71 bits per heavy atom. The first-order valence-corrected chi connectivity index (χ1v) is 32.0. The molecule has 14 N–H and O–H groups in total. The third-order valence-electron chi connectivity index (χ3n) is 26.5. The Morgan fingerprint density at radius 1 is 0.905 bits per heavy atom. The topological polar surface area (TPSA) is 322 Å². The number of rotatable bonds is 11. The number of imidazole rings is 2. The number of nitrogens with zero attached hydrogens (tertiary/aromatic N) is 2. The number of carbonyl (C=O) groups excluding carboxylic acids is 1. The fraction of sp³-hybridized carbons (Fsp3) is 0.785. The summed E-state index contributed by atoms with van der Waals surface area (Å²) in [6.45, 7) is 6.19. The van der Waals surface area contributed by atoms with Crippen molar-refractivity contribution in [2.24, 2.45) is 109 Å². The van der Waals surface area contributed by atoms with E-state index < -0.39 is 147 Å². The van der Waals surface area contributed by atoms with Crippen molar-refractivity contribution in [3.05, 3.63) is 41.9 Å². The van der Waals surface area contributed by atoms with Gasteiger partial charge in [0.05, 0.1) is 54.6 Å². The monoisotopic (exact) mass is 1160 g/mol. The SMILES string of the molecule is C[C@]1(CO)CC[C@@]2(C(=O)O)[C@@H](C1)C1=C[C@H]3C#C[C@@H]4CCC[C@@]45C(=O)N[C@@H]([C@H](CC[C@@H](N)O)c4cnc[nH]4)[C@H]5[C@H]4C#CCC[C@]1([C@@H]1Cc5[nH]cnc5NC[C@@H]12)[C@]1(C)CC[C@@H]2[C@](C)(CO)[C@H](O[C@@H]5OC[C@@H](O)[C@H](O)[C@H]5O)[C@H](O)[C@@H]4[C@]2(C2CCCC2)[C@@H]31. The van der Waals surface area contributed by atoms with Crippen LogP contribution in [0.1, 0.15) is 141 Å². The molecule has 0 radical (unpaired) electrons. The molecule has 14 rings (SSSR count). The molecule has 2 saturated heterocycles. The number of allylic oxidation sites excluding steroid dienone is 2. The van der Waals surface area contributed by atoms with Crippen molar-refractivity contribution in [3.8, 4) is 23.7 Å². The van der Waals surface area contributed by atoms with Gasteiger partial charge in [-0.3, -0.25) is 9.59 Å². The number of aliphatic hydroxyl groups is 7. The number of carboxylic acids is 1. The molecule has 8 fully saturated rings. The maximum Gasteiger partial charge on any atom is 0.310 e. The minimum atomic E-state index is -1.70. The molecule has 26 atom stereocenters. The first-order valence-electron chi connectivity index (χ1n) is 32.0. The maximum absolute atomic E-state index is 16.1. The molecule has 6 saturated carbocycles. The molecular formula is C65H89N7O12. The van der Waals surface area contributed by atoms with Crippen molar-refractivity contribution in [1.29, 1.82) is 0 Å². The summed E-state index contributed by atoms with van der Waals surface area (Å²) in [5.41, 5.74) is 2.57. The van der Waals surface area contributed by atoms with Gasteiger partial charge in [-0.1, -0.05) is 69.4 Å². The molecule has 5 heterocycles. The van der Waals surface area contributed by atoms with Gasteiger partial charge in [-0.25, -0.2) is 9.97 Å². The van der Waals surface area contributed by atoms with Crippen molar-refractivity contribution >= 4 is 17.7 Å². The quantitative estimate of drug-likeness (QED) is 0.0656. The molecule has 2 aromatic heterocycles. The van der Waals surface area contributed by atoms with E-state index in [0.29, 0.717) is 83.6 Å². The Morgan fingerprint density at radius 3 is 2.45 bits per heavy atom. The lowest BCUT2D eigenvalue weighted by Gasteiger charge is -2.78. The molecule has 5 bridgehead atoms. The van der Waals surface area contributed by atoms with Crippen LogP contribution in [0.25, 0.3) is 0 Å². The lowest BCUT2D eigenvalue weighted by atomic mass is 9.25. The van der Waals surface area contributed by atoms with Crippen LogP contribution in [0.4, 0.5) is 5.82 Å². The number of fused-ring (bicyclic) bond motifs is 6. The summed E-state index contributed by atoms with van der Waals surface area (Å²) < 4.78 is 13.2. The Kier molecular flexibility index (Phi) is 13.9. The standard InChI is InChI=1S/C65H89N7O12/c1-59(29-73)21-22-63(58(81)82)40(25-59)38-23-33-13-14-34-11-8-18-62(34)47(49(72-57(62)80)36(15-16-46(66)76)43-27-67-31-69-43)37-12-6-7-19-64(38,39-24-42-55(71-32-70-42)68-26-41(39)63)61(3)20-17-45-60(2,30-74)54(84-56-52(79)50(77)44(75)28-83-56)51(78)48(37)65(45,53(33)61)35-9-4-5-10-35/h23,27,31-37,39-41,44-54,56,68,73-79H,4-5,7-11,15-22,24-26,28-30,66H2,1-3H3,(H,67,69)(H,70,71)(H,72,80)(H,81,82)/t33-,34+,36-,37-,39-,40+,41+,44-,45-,46+,47-,48-,49+,50+,51-,52-,53+,54-,56+,59+,60+,61-,62-,63-,64+,65-/m1/s1. The van der Waals surface area contributed by atoms with Gasteiger partial charge in [0.2, 0.25) is 5.91 Å². The van der Waals surface area contributed by atoms with Gasteiger partial charge in [0, 0.05) is 83.8 Å².